The summed E-state index contributed by atoms with van der Waals surface area (Å²) in [4.78, 5) is 5.66. The molecule has 2 nitrogen and oxygen atoms in total. The molecule has 5 heteroatoms. The number of hydrogen-bond donors (Lipinski definition) is 1. The average molecular weight is 335 g/mol. The van der Waals surface area contributed by atoms with Crippen LogP contribution >= 0.6 is 0 Å². The van der Waals surface area contributed by atoms with Crippen LogP contribution in [-0.2, 0) is 6.18 Å². The molecule has 0 unspecified atom stereocenters. The standard InChI is InChI=1S/C19H20F3NO/c20-19(21,22)16-11-9-14(10-12-16)15-5-4-8-18(13-15)24-23-17-6-2-1-3-7-17/h4-5,8-13,17,23H,1-3,6-7H2. The Morgan fingerprint density at radius 2 is 1.58 bits per heavy atom. The Labute approximate surface area is 139 Å². The summed E-state index contributed by atoms with van der Waals surface area (Å²) in [5, 5.41) is 0. The lowest BCUT2D eigenvalue weighted by molar-refractivity contribution is -0.137. The topological polar surface area (TPSA) is 21.3 Å². The molecule has 1 aliphatic carbocycles. The van der Waals surface area contributed by atoms with Gasteiger partial charge < -0.3 is 4.84 Å². The first-order chi connectivity index (χ1) is 11.5. The number of alkyl halides is 3. The maximum atomic E-state index is 12.6. The van der Waals surface area contributed by atoms with Gasteiger partial charge in [0.2, 0.25) is 0 Å². The van der Waals surface area contributed by atoms with Gasteiger partial charge in [-0.05, 0) is 48.2 Å². The van der Waals surface area contributed by atoms with Crippen molar-refractivity contribution in [1.29, 1.82) is 0 Å². The van der Waals surface area contributed by atoms with Crippen LogP contribution in [0.25, 0.3) is 11.1 Å². The largest absolute Gasteiger partial charge is 0.416 e. The van der Waals surface area contributed by atoms with Gasteiger partial charge in [0.25, 0.3) is 0 Å². The fourth-order valence-corrected chi connectivity index (χ4v) is 2.96. The quantitative estimate of drug-likeness (QED) is 0.736. The van der Waals surface area contributed by atoms with Gasteiger partial charge >= 0.3 is 6.18 Å². The summed E-state index contributed by atoms with van der Waals surface area (Å²) in [7, 11) is 0. The molecule has 0 atom stereocenters. The van der Waals surface area contributed by atoms with E-state index in [1.165, 1.54) is 31.4 Å². The zero-order valence-electron chi connectivity index (χ0n) is 13.3. The lowest BCUT2D eigenvalue weighted by Gasteiger charge is -2.22. The van der Waals surface area contributed by atoms with Crippen LogP contribution in [-0.4, -0.2) is 6.04 Å². The summed E-state index contributed by atoms with van der Waals surface area (Å²) in [6, 6.07) is 12.9. The molecule has 1 N–H and O–H groups in total. The number of halogens is 3. The van der Waals surface area contributed by atoms with Gasteiger partial charge in [-0.2, -0.15) is 18.7 Å². The molecule has 1 saturated carbocycles. The molecule has 1 aliphatic rings. The maximum Gasteiger partial charge on any atom is 0.416 e. The average Bonchev–Trinajstić information content (AvgIpc) is 2.60. The van der Waals surface area contributed by atoms with Crippen LogP contribution < -0.4 is 10.3 Å². The number of rotatable bonds is 4. The molecular weight excluding hydrogens is 315 g/mol. The Morgan fingerprint density at radius 3 is 2.25 bits per heavy atom. The van der Waals surface area contributed by atoms with Gasteiger partial charge in [0, 0.05) is 6.04 Å². The minimum atomic E-state index is -4.31. The molecule has 0 aromatic heterocycles. The van der Waals surface area contributed by atoms with Crippen molar-refractivity contribution in [2.75, 3.05) is 0 Å². The second kappa shape index (κ2) is 7.26. The number of hydroxylamine groups is 1. The lowest BCUT2D eigenvalue weighted by Crippen LogP contribution is -2.33. The molecule has 0 saturated heterocycles. The first-order valence-electron chi connectivity index (χ1n) is 8.22. The van der Waals surface area contributed by atoms with Gasteiger partial charge in [0.05, 0.1) is 5.56 Å². The van der Waals surface area contributed by atoms with Gasteiger partial charge in [-0.1, -0.05) is 43.5 Å². The zero-order valence-corrected chi connectivity index (χ0v) is 13.3. The van der Waals surface area contributed by atoms with E-state index in [4.69, 9.17) is 4.84 Å². The SMILES string of the molecule is FC(F)(F)c1ccc(-c2cccc(ONC3CCCCC3)c2)cc1. The molecule has 128 valence electrons. The third kappa shape index (κ3) is 4.29. The molecule has 0 radical (unpaired) electrons. The van der Waals surface area contributed by atoms with E-state index in [1.54, 1.807) is 0 Å². The predicted octanol–water partition coefficient (Wildman–Crippen LogP) is 5.59. The Kier molecular flexibility index (Phi) is 5.09. The Hall–Kier alpha value is -2.01. The van der Waals surface area contributed by atoms with Crippen LogP contribution in [0.1, 0.15) is 37.7 Å². The Balaban J connectivity index is 1.68. The summed E-state index contributed by atoms with van der Waals surface area (Å²) in [5.74, 6) is 0.665. The second-order valence-electron chi connectivity index (χ2n) is 6.16. The molecule has 24 heavy (non-hydrogen) atoms. The van der Waals surface area contributed by atoms with Crippen molar-refractivity contribution in [1.82, 2.24) is 5.48 Å². The van der Waals surface area contributed by atoms with Crippen LogP contribution in [0.15, 0.2) is 48.5 Å². The highest BCUT2D eigenvalue weighted by atomic mass is 19.4. The highest BCUT2D eigenvalue weighted by Crippen LogP contribution is 2.31. The van der Waals surface area contributed by atoms with E-state index in [2.05, 4.69) is 5.48 Å². The predicted molar refractivity (Wildman–Crippen MR) is 87.5 cm³/mol. The van der Waals surface area contributed by atoms with Crippen LogP contribution in [0.3, 0.4) is 0 Å². The lowest BCUT2D eigenvalue weighted by atomic mass is 9.96. The fraction of sp³-hybridized carbons (Fsp3) is 0.368. The van der Waals surface area contributed by atoms with Crippen molar-refractivity contribution in [3.8, 4) is 16.9 Å². The Morgan fingerprint density at radius 1 is 0.875 bits per heavy atom. The van der Waals surface area contributed by atoms with E-state index < -0.39 is 11.7 Å². The summed E-state index contributed by atoms with van der Waals surface area (Å²) in [6.07, 6.45) is 1.62. The normalized spacial score (nSPS) is 16.1. The van der Waals surface area contributed by atoms with Gasteiger partial charge in [-0.3, -0.25) is 0 Å². The summed E-state index contributed by atoms with van der Waals surface area (Å²) in [5.41, 5.74) is 4.01. The summed E-state index contributed by atoms with van der Waals surface area (Å²) >= 11 is 0. The van der Waals surface area contributed by atoms with Gasteiger partial charge in [-0.25, -0.2) is 0 Å². The van der Waals surface area contributed by atoms with E-state index in [0.29, 0.717) is 11.8 Å². The van der Waals surface area contributed by atoms with Gasteiger partial charge in [0.15, 0.2) is 0 Å². The van der Waals surface area contributed by atoms with E-state index in [0.717, 1.165) is 36.1 Å². The highest BCUT2D eigenvalue weighted by molar-refractivity contribution is 5.65. The molecule has 3 rings (SSSR count). The molecule has 0 amide bonds. The molecule has 2 aromatic carbocycles. The minimum Gasteiger partial charge on any atom is -0.408 e. The Bertz CT molecular complexity index is 661. The number of benzene rings is 2. The van der Waals surface area contributed by atoms with Crippen LogP contribution in [0, 0.1) is 0 Å². The molecular formula is C19H20F3NO. The molecule has 0 heterocycles. The maximum absolute atomic E-state index is 12.6. The van der Waals surface area contributed by atoms with Crippen LogP contribution in [0.5, 0.6) is 5.75 Å². The summed E-state index contributed by atoms with van der Waals surface area (Å²) in [6.45, 7) is 0. The molecule has 0 spiro atoms. The first-order valence-corrected chi connectivity index (χ1v) is 8.22. The number of hydrogen-bond acceptors (Lipinski definition) is 2. The van der Waals surface area contributed by atoms with Crippen molar-refractivity contribution in [2.24, 2.45) is 0 Å². The van der Waals surface area contributed by atoms with Crippen molar-refractivity contribution in [2.45, 2.75) is 44.3 Å². The zero-order chi connectivity index (χ0) is 17.0. The third-order valence-electron chi connectivity index (χ3n) is 4.33. The smallest absolute Gasteiger partial charge is 0.408 e. The van der Waals surface area contributed by atoms with E-state index in [1.807, 2.05) is 24.3 Å². The van der Waals surface area contributed by atoms with E-state index in [9.17, 15) is 13.2 Å². The summed E-state index contributed by atoms with van der Waals surface area (Å²) < 4.78 is 37.9. The molecule has 1 fully saturated rings. The van der Waals surface area contributed by atoms with Gasteiger partial charge in [0.1, 0.15) is 5.75 Å². The van der Waals surface area contributed by atoms with Gasteiger partial charge in [-0.15, -0.1) is 0 Å². The monoisotopic (exact) mass is 335 g/mol. The third-order valence-corrected chi connectivity index (χ3v) is 4.33. The molecule has 2 aromatic rings. The van der Waals surface area contributed by atoms with E-state index in [-0.39, 0.29) is 0 Å². The number of nitrogens with one attached hydrogen (secondary N) is 1. The van der Waals surface area contributed by atoms with Crippen LogP contribution in [0.2, 0.25) is 0 Å². The van der Waals surface area contributed by atoms with Crippen molar-refractivity contribution in [3.05, 3.63) is 54.1 Å². The van der Waals surface area contributed by atoms with E-state index >= 15 is 0 Å². The van der Waals surface area contributed by atoms with Crippen LogP contribution in [0.4, 0.5) is 13.2 Å². The second-order valence-corrected chi connectivity index (χ2v) is 6.16. The minimum absolute atomic E-state index is 0.369. The highest BCUT2D eigenvalue weighted by Gasteiger charge is 2.29. The molecule has 0 aliphatic heterocycles. The van der Waals surface area contributed by atoms with Crippen molar-refractivity contribution >= 4 is 0 Å². The van der Waals surface area contributed by atoms with Crippen molar-refractivity contribution in [3.63, 3.8) is 0 Å². The van der Waals surface area contributed by atoms with Crippen molar-refractivity contribution < 1.29 is 18.0 Å². The molecule has 0 bridgehead atoms. The first kappa shape index (κ1) is 16.8. The fourth-order valence-electron chi connectivity index (χ4n) is 2.96.